The molecule has 1 fully saturated rings. The number of hydrogen-bond donors (Lipinski definition) is 1. The van der Waals surface area contributed by atoms with E-state index in [1.807, 2.05) is 0 Å². The van der Waals surface area contributed by atoms with Crippen LogP contribution >= 0.6 is 0 Å². The van der Waals surface area contributed by atoms with Crippen LogP contribution in [0, 0.1) is 18.6 Å². The predicted molar refractivity (Wildman–Crippen MR) is 55.7 cm³/mol. The molecule has 0 radical (unpaired) electrons. The van der Waals surface area contributed by atoms with Gasteiger partial charge >= 0.3 is 0 Å². The third-order valence-electron chi connectivity index (χ3n) is 2.96. The lowest BCUT2D eigenvalue weighted by Gasteiger charge is -2.24. The normalized spacial score (nSPS) is 21.7. The van der Waals surface area contributed by atoms with Crippen molar-refractivity contribution in [2.24, 2.45) is 0 Å². The topological polar surface area (TPSA) is 12.0 Å². The zero-order chi connectivity index (χ0) is 10.8. The molecule has 0 aromatic heterocycles. The van der Waals surface area contributed by atoms with Crippen molar-refractivity contribution in [3.05, 3.63) is 34.9 Å². The molecule has 0 saturated carbocycles. The molecule has 1 aliphatic rings. The van der Waals surface area contributed by atoms with Crippen molar-refractivity contribution in [1.82, 2.24) is 5.32 Å². The van der Waals surface area contributed by atoms with E-state index in [0.717, 1.165) is 25.8 Å². The molecular weight excluding hydrogens is 196 g/mol. The van der Waals surface area contributed by atoms with E-state index >= 15 is 0 Å². The molecule has 1 heterocycles. The Morgan fingerprint density at radius 3 is 2.67 bits per heavy atom. The molecule has 3 heteroatoms. The molecule has 1 aliphatic heterocycles. The van der Waals surface area contributed by atoms with Crippen LogP contribution < -0.4 is 5.32 Å². The van der Waals surface area contributed by atoms with Crippen LogP contribution in [0.15, 0.2) is 12.1 Å². The van der Waals surface area contributed by atoms with Gasteiger partial charge in [0.05, 0.1) is 0 Å². The monoisotopic (exact) mass is 211 g/mol. The number of nitrogens with one attached hydrogen (secondary N) is 1. The Balaban J connectivity index is 2.30. The van der Waals surface area contributed by atoms with Crippen molar-refractivity contribution < 1.29 is 8.78 Å². The zero-order valence-electron chi connectivity index (χ0n) is 8.82. The highest BCUT2D eigenvalue weighted by Gasteiger charge is 2.19. The predicted octanol–water partition coefficient (Wildman–Crippen LogP) is 3.09. The first-order valence-electron chi connectivity index (χ1n) is 5.37. The number of benzene rings is 1. The molecule has 1 nitrogen and oxygen atoms in total. The molecule has 1 N–H and O–H groups in total. The van der Waals surface area contributed by atoms with Crippen molar-refractivity contribution in [3.8, 4) is 0 Å². The van der Waals surface area contributed by atoms with Crippen LogP contribution in [-0.4, -0.2) is 6.54 Å². The summed E-state index contributed by atoms with van der Waals surface area (Å²) in [4.78, 5) is 0. The maximum absolute atomic E-state index is 13.6. The summed E-state index contributed by atoms with van der Waals surface area (Å²) in [7, 11) is 0. The van der Waals surface area contributed by atoms with Gasteiger partial charge in [-0.1, -0.05) is 6.42 Å². The van der Waals surface area contributed by atoms with Gasteiger partial charge in [0.25, 0.3) is 0 Å². The summed E-state index contributed by atoms with van der Waals surface area (Å²) in [6.07, 6.45) is 3.08. The number of halogens is 2. The Hall–Kier alpha value is -0.960. The lowest BCUT2D eigenvalue weighted by atomic mass is 9.96. The second kappa shape index (κ2) is 4.27. The molecule has 1 atom stereocenters. The third-order valence-corrected chi connectivity index (χ3v) is 2.96. The van der Waals surface area contributed by atoms with Crippen LogP contribution in [0.3, 0.4) is 0 Å². The van der Waals surface area contributed by atoms with Gasteiger partial charge in [0.15, 0.2) is 0 Å². The van der Waals surface area contributed by atoms with Gasteiger partial charge in [0, 0.05) is 11.6 Å². The fourth-order valence-electron chi connectivity index (χ4n) is 2.05. The molecule has 2 rings (SSSR count). The van der Waals surface area contributed by atoms with Gasteiger partial charge in [0.1, 0.15) is 11.6 Å². The Bertz CT molecular complexity index is 357. The van der Waals surface area contributed by atoms with Gasteiger partial charge in [-0.2, -0.15) is 0 Å². The molecule has 1 aromatic rings. The Labute approximate surface area is 88.5 Å². The van der Waals surface area contributed by atoms with E-state index in [1.54, 1.807) is 6.92 Å². The average molecular weight is 211 g/mol. The second-order valence-electron chi connectivity index (χ2n) is 4.13. The van der Waals surface area contributed by atoms with E-state index in [2.05, 4.69) is 5.32 Å². The molecule has 1 unspecified atom stereocenters. The van der Waals surface area contributed by atoms with Gasteiger partial charge < -0.3 is 5.32 Å². The highest BCUT2D eigenvalue weighted by Crippen LogP contribution is 2.26. The fraction of sp³-hybridized carbons (Fsp3) is 0.500. The zero-order valence-corrected chi connectivity index (χ0v) is 8.82. The molecule has 1 aromatic carbocycles. The van der Waals surface area contributed by atoms with Crippen molar-refractivity contribution >= 4 is 0 Å². The summed E-state index contributed by atoms with van der Waals surface area (Å²) in [5, 5.41) is 3.22. The number of aryl methyl sites for hydroxylation is 1. The summed E-state index contributed by atoms with van der Waals surface area (Å²) in [6.45, 7) is 2.47. The van der Waals surface area contributed by atoms with Crippen LogP contribution in [0.4, 0.5) is 8.78 Å². The van der Waals surface area contributed by atoms with Gasteiger partial charge in [-0.15, -0.1) is 0 Å². The average Bonchev–Trinajstić information content (AvgIpc) is 2.25. The molecule has 1 saturated heterocycles. The van der Waals surface area contributed by atoms with Crippen molar-refractivity contribution in [2.45, 2.75) is 32.2 Å². The first kappa shape index (κ1) is 10.6. The minimum absolute atomic E-state index is 0.0196. The minimum Gasteiger partial charge on any atom is -0.310 e. The van der Waals surface area contributed by atoms with Gasteiger partial charge in [-0.3, -0.25) is 0 Å². The maximum atomic E-state index is 13.6. The molecular formula is C12H15F2N. The van der Waals surface area contributed by atoms with E-state index in [-0.39, 0.29) is 17.7 Å². The quantitative estimate of drug-likeness (QED) is 0.752. The van der Waals surface area contributed by atoms with E-state index in [4.69, 9.17) is 0 Å². The van der Waals surface area contributed by atoms with Crippen LogP contribution in [-0.2, 0) is 0 Å². The second-order valence-corrected chi connectivity index (χ2v) is 4.13. The summed E-state index contributed by atoms with van der Waals surface area (Å²) >= 11 is 0. The Morgan fingerprint density at radius 2 is 2.00 bits per heavy atom. The Kier molecular flexibility index (Phi) is 3.00. The van der Waals surface area contributed by atoms with E-state index < -0.39 is 0 Å². The largest absolute Gasteiger partial charge is 0.310 e. The van der Waals surface area contributed by atoms with Gasteiger partial charge in [-0.25, -0.2) is 8.78 Å². The summed E-state index contributed by atoms with van der Waals surface area (Å²) in [5.41, 5.74) is 0.838. The SMILES string of the molecule is Cc1cc(F)c(C2CCCCN2)cc1F. The molecule has 15 heavy (non-hydrogen) atoms. The molecule has 0 amide bonds. The van der Waals surface area contributed by atoms with E-state index in [1.165, 1.54) is 12.1 Å². The van der Waals surface area contributed by atoms with Crippen LogP contribution in [0.2, 0.25) is 0 Å². The highest BCUT2D eigenvalue weighted by molar-refractivity contribution is 5.27. The Morgan fingerprint density at radius 1 is 1.20 bits per heavy atom. The van der Waals surface area contributed by atoms with Crippen LogP contribution in [0.5, 0.6) is 0 Å². The number of piperidine rings is 1. The highest BCUT2D eigenvalue weighted by atomic mass is 19.1. The van der Waals surface area contributed by atoms with E-state index in [9.17, 15) is 8.78 Å². The first-order valence-corrected chi connectivity index (χ1v) is 5.37. The number of rotatable bonds is 1. The summed E-state index contributed by atoms with van der Waals surface area (Å²) in [6, 6.07) is 2.59. The van der Waals surface area contributed by atoms with E-state index in [0.29, 0.717) is 11.1 Å². The smallest absolute Gasteiger partial charge is 0.128 e. The first-order chi connectivity index (χ1) is 7.18. The minimum atomic E-state index is -0.321. The van der Waals surface area contributed by atoms with Crippen molar-refractivity contribution in [1.29, 1.82) is 0 Å². The van der Waals surface area contributed by atoms with Crippen molar-refractivity contribution in [2.75, 3.05) is 6.54 Å². The van der Waals surface area contributed by atoms with Crippen LogP contribution in [0.25, 0.3) is 0 Å². The van der Waals surface area contributed by atoms with Crippen molar-refractivity contribution in [3.63, 3.8) is 0 Å². The fourth-order valence-corrected chi connectivity index (χ4v) is 2.05. The van der Waals surface area contributed by atoms with Gasteiger partial charge in [-0.05, 0) is 44.0 Å². The van der Waals surface area contributed by atoms with Gasteiger partial charge in [0.2, 0.25) is 0 Å². The lowest BCUT2D eigenvalue weighted by Crippen LogP contribution is -2.27. The lowest BCUT2D eigenvalue weighted by molar-refractivity contribution is 0.397. The van der Waals surface area contributed by atoms with Crippen LogP contribution in [0.1, 0.15) is 36.4 Å². The third kappa shape index (κ3) is 2.17. The molecule has 0 bridgehead atoms. The molecule has 0 spiro atoms. The summed E-state index contributed by atoms with van der Waals surface area (Å²) in [5.74, 6) is -0.618. The standard InChI is InChI=1S/C12H15F2N/c1-8-6-11(14)9(7-10(8)13)12-4-2-3-5-15-12/h6-7,12,15H,2-5H2,1H3. The molecule has 82 valence electrons. The molecule has 0 aliphatic carbocycles. The number of hydrogen-bond acceptors (Lipinski definition) is 1. The summed E-state index contributed by atoms with van der Waals surface area (Å²) < 4.78 is 26.9. The maximum Gasteiger partial charge on any atom is 0.128 e.